The Labute approximate surface area is 370 Å². The fourth-order valence-electron chi connectivity index (χ4n) is 10.3. The molecule has 13 rings (SSSR count). The summed E-state index contributed by atoms with van der Waals surface area (Å²) < 4.78 is 7.26. The van der Waals surface area contributed by atoms with Crippen molar-refractivity contribution >= 4 is 65.4 Å². The van der Waals surface area contributed by atoms with Gasteiger partial charge in [-0.25, -0.2) is 0 Å². The topological polar surface area (TPSA) is 14.8 Å². The van der Waals surface area contributed by atoms with Gasteiger partial charge in [0.15, 0.2) is 0 Å². The summed E-state index contributed by atoms with van der Waals surface area (Å²) in [5.41, 5.74) is 19.1. The second-order valence-corrected chi connectivity index (χ2v) is 17.0. The molecule has 0 fully saturated rings. The number of rotatable bonds is 6. The average Bonchev–Trinajstić information content (AvgIpc) is 4.00. The summed E-state index contributed by atoms with van der Waals surface area (Å²) in [6.45, 7) is 2.13. The second-order valence-electron chi connectivity index (χ2n) is 17.0. The molecule has 0 aliphatic heterocycles. The first-order valence-corrected chi connectivity index (χ1v) is 22.1. The van der Waals surface area contributed by atoms with Crippen LogP contribution >= 0.6 is 0 Å². The van der Waals surface area contributed by atoms with Crippen LogP contribution < -0.4 is 0 Å². The van der Waals surface area contributed by atoms with Gasteiger partial charge in [0.25, 0.3) is 0 Å². The van der Waals surface area contributed by atoms with Crippen LogP contribution in [-0.4, -0.2) is 13.7 Å². The number of para-hydroxylation sites is 5. The van der Waals surface area contributed by atoms with Gasteiger partial charge in [-0.15, -0.1) is 0 Å². The first-order valence-electron chi connectivity index (χ1n) is 22.1. The predicted octanol–water partition coefficient (Wildman–Crippen LogP) is 16.3. The molecule has 3 aromatic heterocycles. The average molecular weight is 816 g/mol. The van der Waals surface area contributed by atoms with Gasteiger partial charge in [-0.1, -0.05) is 157 Å². The summed E-state index contributed by atoms with van der Waals surface area (Å²) in [4.78, 5) is 0. The number of hydrogen-bond acceptors (Lipinski definition) is 0. The third-order valence-corrected chi connectivity index (χ3v) is 13.3. The molecule has 0 radical (unpaired) electrons. The van der Waals surface area contributed by atoms with Crippen LogP contribution in [0.4, 0.5) is 0 Å². The monoisotopic (exact) mass is 815 g/mol. The van der Waals surface area contributed by atoms with Gasteiger partial charge in [0, 0.05) is 49.3 Å². The lowest BCUT2D eigenvalue weighted by Crippen LogP contribution is -1.97. The molecule has 0 saturated heterocycles. The van der Waals surface area contributed by atoms with E-state index in [4.69, 9.17) is 0 Å². The lowest BCUT2D eigenvalue weighted by Gasteiger charge is -2.14. The standard InChI is InChI=1S/C61H41N3/c1-40-25-27-41(28-26-40)42-29-33-46(34-30-42)62-56-21-8-5-18-51(56)53-38-44(31-35-60(53)62)43-13-12-14-47(37-43)63-57-22-9-6-19-52(57)54-39-45(32-36-61(54)63)48-15-2-7-20-55(48)64-58-23-10-3-16-49(58)50-17-4-11-24-59(50)64/h2-39H,1H3. The fraction of sp³-hybridized carbons (Fsp3) is 0.0164. The molecule has 0 atom stereocenters. The SMILES string of the molecule is Cc1ccc(-c2ccc(-n3c4ccccc4c4cc(-c5cccc(-n6c7ccccc7c7cc(-c8ccccc8-n8c9ccccc9c9ccccc98)ccc76)c5)ccc43)cc2)cc1. The quantitative estimate of drug-likeness (QED) is 0.159. The minimum absolute atomic E-state index is 1.14. The maximum Gasteiger partial charge on any atom is 0.0541 e. The molecule has 0 saturated carbocycles. The Bertz CT molecular complexity index is 3900. The highest BCUT2D eigenvalue weighted by molar-refractivity contribution is 6.13. The number of nitrogens with zero attached hydrogens (tertiary/aromatic N) is 3. The van der Waals surface area contributed by atoms with E-state index in [1.165, 1.54) is 110 Å². The maximum absolute atomic E-state index is 2.43. The third kappa shape index (κ3) is 5.61. The molecule has 0 bridgehead atoms. The first-order chi connectivity index (χ1) is 31.7. The van der Waals surface area contributed by atoms with Crippen molar-refractivity contribution in [1.29, 1.82) is 0 Å². The number of aryl methyl sites for hydroxylation is 1. The highest BCUT2D eigenvalue weighted by atomic mass is 15.0. The van der Waals surface area contributed by atoms with Crippen molar-refractivity contribution in [3.05, 3.63) is 236 Å². The Balaban J connectivity index is 0.914. The van der Waals surface area contributed by atoms with Crippen molar-refractivity contribution in [2.24, 2.45) is 0 Å². The molecule has 10 aromatic carbocycles. The van der Waals surface area contributed by atoms with Crippen molar-refractivity contribution < 1.29 is 0 Å². The normalized spacial score (nSPS) is 11.8. The second kappa shape index (κ2) is 14.3. The summed E-state index contributed by atoms with van der Waals surface area (Å²) in [6.07, 6.45) is 0. The zero-order valence-corrected chi connectivity index (χ0v) is 35.3. The Morgan fingerprint density at radius 2 is 0.672 bits per heavy atom. The fourth-order valence-corrected chi connectivity index (χ4v) is 10.3. The van der Waals surface area contributed by atoms with Crippen LogP contribution in [0.15, 0.2) is 231 Å². The van der Waals surface area contributed by atoms with Crippen LogP contribution in [-0.2, 0) is 0 Å². The smallest absolute Gasteiger partial charge is 0.0541 e. The Hall–Kier alpha value is -8.40. The zero-order valence-electron chi connectivity index (χ0n) is 35.3. The molecule has 3 heteroatoms. The molecular formula is C61H41N3. The Morgan fingerprint density at radius 3 is 1.28 bits per heavy atom. The van der Waals surface area contributed by atoms with Gasteiger partial charge in [-0.2, -0.15) is 0 Å². The molecule has 0 unspecified atom stereocenters. The molecule has 3 nitrogen and oxygen atoms in total. The van der Waals surface area contributed by atoms with E-state index in [2.05, 4.69) is 251 Å². The van der Waals surface area contributed by atoms with Crippen molar-refractivity contribution in [1.82, 2.24) is 13.7 Å². The predicted molar refractivity (Wildman–Crippen MR) is 271 cm³/mol. The number of fused-ring (bicyclic) bond motifs is 9. The molecule has 0 amide bonds. The summed E-state index contributed by atoms with van der Waals surface area (Å²) in [5, 5.41) is 7.49. The molecular weight excluding hydrogens is 775 g/mol. The van der Waals surface area contributed by atoms with Gasteiger partial charge in [0.1, 0.15) is 0 Å². The van der Waals surface area contributed by atoms with E-state index in [0.29, 0.717) is 0 Å². The van der Waals surface area contributed by atoms with Crippen LogP contribution in [0.3, 0.4) is 0 Å². The van der Waals surface area contributed by atoms with Gasteiger partial charge in [0.2, 0.25) is 0 Å². The van der Waals surface area contributed by atoms with Gasteiger partial charge in [-0.3, -0.25) is 0 Å². The molecule has 0 aliphatic rings. The van der Waals surface area contributed by atoms with E-state index in [-0.39, 0.29) is 0 Å². The zero-order chi connectivity index (χ0) is 42.3. The highest BCUT2D eigenvalue weighted by Crippen LogP contribution is 2.41. The van der Waals surface area contributed by atoms with E-state index in [1.54, 1.807) is 0 Å². The molecule has 0 spiro atoms. The van der Waals surface area contributed by atoms with Gasteiger partial charge < -0.3 is 13.7 Å². The minimum atomic E-state index is 1.14. The molecule has 0 N–H and O–H groups in total. The molecule has 300 valence electrons. The molecule has 13 aromatic rings. The largest absolute Gasteiger partial charge is 0.309 e. The van der Waals surface area contributed by atoms with E-state index in [9.17, 15) is 0 Å². The maximum atomic E-state index is 2.43. The molecule has 64 heavy (non-hydrogen) atoms. The van der Waals surface area contributed by atoms with Crippen LogP contribution in [0.1, 0.15) is 5.56 Å². The van der Waals surface area contributed by atoms with Crippen molar-refractivity contribution in [2.45, 2.75) is 6.92 Å². The van der Waals surface area contributed by atoms with Crippen LogP contribution in [0, 0.1) is 6.92 Å². The first kappa shape index (κ1) is 36.3. The highest BCUT2D eigenvalue weighted by Gasteiger charge is 2.19. The van der Waals surface area contributed by atoms with Crippen LogP contribution in [0.2, 0.25) is 0 Å². The van der Waals surface area contributed by atoms with E-state index >= 15 is 0 Å². The van der Waals surface area contributed by atoms with Crippen molar-refractivity contribution in [2.75, 3.05) is 0 Å². The number of hydrogen-bond donors (Lipinski definition) is 0. The summed E-state index contributed by atoms with van der Waals surface area (Å²) in [5.74, 6) is 0. The summed E-state index contributed by atoms with van der Waals surface area (Å²) in [7, 11) is 0. The lowest BCUT2D eigenvalue weighted by atomic mass is 10.0. The van der Waals surface area contributed by atoms with E-state index < -0.39 is 0 Å². The van der Waals surface area contributed by atoms with Crippen molar-refractivity contribution in [3.8, 4) is 50.4 Å². The van der Waals surface area contributed by atoms with Crippen molar-refractivity contribution in [3.63, 3.8) is 0 Å². The van der Waals surface area contributed by atoms with E-state index in [1.807, 2.05) is 0 Å². The molecule has 3 heterocycles. The van der Waals surface area contributed by atoms with Crippen LogP contribution in [0.25, 0.3) is 116 Å². The van der Waals surface area contributed by atoms with Gasteiger partial charge >= 0.3 is 0 Å². The van der Waals surface area contributed by atoms with Gasteiger partial charge in [-0.05, 0) is 114 Å². The Kier molecular flexibility index (Phi) is 8.13. The Morgan fingerprint density at radius 1 is 0.250 bits per heavy atom. The van der Waals surface area contributed by atoms with Gasteiger partial charge in [0.05, 0.1) is 38.8 Å². The third-order valence-electron chi connectivity index (χ3n) is 13.3. The minimum Gasteiger partial charge on any atom is -0.309 e. The lowest BCUT2D eigenvalue weighted by molar-refractivity contribution is 1.18. The molecule has 0 aliphatic carbocycles. The summed E-state index contributed by atoms with van der Waals surface area (Å²) >= 11 is 0. The van der Waals surface area contributed by atoms with E-state index in [0.717, 1.165) is 11.4 Å². The number of aromatic nitrogens is 3. The number of benzene rings is 10. The summed E-state index contributed by atoms with van der Waals surface area (Å²) in [6, 6.07) is 84.6. The van der Waals surface area contributed by atoms with Crippen LogP contribution in [0.5, 0.6) is 0 Å².